The molecule has 0 heterocycles. The molecule has 0 radical (unpaired) electrons. The first-order valence-electron chi connectivity index (χ1n) is 15.7. The topological polar surface area (TPSA) is 132 Å². The minimum absolute atomic E-state index is 0.0347. The van der Waals surface area contributed by atoms with Crippen LogP contribution in [0.2, 0.25) is 18.1 Å². The normalized spacial score (nSPS) is 13.4. The molecule has 0 saturated carbocycles. The van der Waals surface area contributed by atoms with Crippen LogP contribution in [-0.2, 0) is 35.9 Å². The van der Waals surface area contributed by atoms with E-state index in [2.05, 4.69) is 33.9 Å². The number of aliphatic hydroxyl groups excluding tert-OH is 1. The lowest BCUT2D eigenvalue weighted by Crippen LogP contribution is -2.40. The van der Waals surface area contributed by atoms with Crippen LogP contribution in [0.3, 0.4) is 0 Å². The van der Waals surface area contributed by atoms with Gasteiger partial charge in [-0.15, -0.1) is 0 Å². The largest absolute Gasteiger partial charge is 0.413 e. The highest BCUT2D eigenvalue weighted by atomic mass is 31.2. The van der Waals surface area contributed by atoms with Crippen molar-refractivity contribution in [3.05, 3.63) is 70.8 Å². The zero-order valence-electron chi connectivity index (χ0n) is 30.7. The third-order valence-electron chi connectivity index (χ3n) is 8.75. The van der Waals surface area contributed by atoms with Gasteiger partial charge in [0.05, 0.1) is 52.6 Å². The fraction of sp³-hybridized carbons (Fsp3) is 0.588. The Kier molecular flexibility index (Phi) is 15.6. The van der Waals surface area contributed by atoms with Crippen molar-refractivity contribution in [2.24, 2.45) is 0 Å². The second-order valence-electron chi connectivity index (χ2n) is 15.6. The fourth-order valence-corrected chi connectivity index (χ4v) is 18.9. The number of rotatable bonds is 14. The van der Waals surface area contributed by atoms with Crippen LogP contribution in [0.25, 0.3) is 0 Å². The first-order chi connectivity index (χ1) is 21.0. The highest BCUT2D eigenvalue weighted by Gasteiger charge is 2.38. The van der Waals surface area contributed by atoms with Gasteiger partial charge < -0.3 is 27.8 Å². The predicted octanol–water partition coefficient (Wildman–Crippen LogP) is 9.68. The van der Waals surface area contributed by atoms with Crippen LogP contribution in [0.5, 0.6) is 0 Å². The van der Waals surface area contributed by atoms with Crippen LogP contribution in [0.15, 0.2) is 48.5 Å². The summed E-state index contributed by atoms with van der Waals surface area (Å²) < 4.78 is 55.8. The number of carbonyl (C=O) groups is 2. The van der Waals surface area contributed by atoms with Crippen molar-refractivity contribution >= 4 is 48.5 Å². The second-order valence-corrected chi connectivity index (χ2v) is 35.1. The van der Waals surface area contributed by atoms with Crippen molar-refractivity contribution in [3.63, 3.8) is 0 Å². The predicted molar refractivity (Wildman–Crippen MR) is 204 cm³/mol. The molecule has 0 saturated heterocycles. The Morgan fingerprint density at radius 3 is 1.19 bits per heavy atom. The molecule has 0 aromatic heterocycles. The van der Waals surface area contributed by atoms with Crippen molar-refractivity contribution < 1.29 is 37.4 Å². The summed E-state index contributed by atoms with van der Waals surface area (Å²) >= 11 is 0. The number of benzene rings is 2. The van der Waals surface area contributed by atoms with Crippen LogP contribution in [0, 0.1) is 0 Å². The summed E-state index contributed by atoms with van der Waals surface area (Å²) in [6.45, 7) is 24.3. The minimum Gasteiger partial charge on any atom is -0.413 e. The van der Waals surface area contributed by atoms with Crippen LogP contribution in [0.4, 0.5) is 0 Å². The second kappa shape index (κ2) is 16.7. The highest BCUT2D eigenvalue weighted by molar-refractivity contribution is 7.81. The number of aliphatic hydroxyl groups is 1. The van der Waals surface area contributed by atoms with Gasteiger partial charge in [0.25, 0.3) is 0 Å². The lowest BCUT2D eigenvalue weighted by atomic mass is 10.1. The van der Waals surface area contributed by atoms with Crippen molar-refractivity contribution in [1.82, 2.24) is 0 Å². The van der Waals surface area contributed by atoms with Crippen LogP contribution >= 0.6 is 28.6 Å². The Hall–Kier alpha value is -1.16. The third kappa shape index (κ3) is 14.3. The fourth-order valence-electron chi connectivity index (χ4n) is 4.85. The van der Waals surface area contributed by atoms with E-state index < -0.39 is 47.7 Å². The molecule has 0 aliphatic rings. The number of ketones is 2. The average Bonchev–Trinajstić information content (AvgIpc) is 2.91. The first-order valence-corrected chi connectivity index (χ1v) is 29.3. The molecule has 1 N–H and O–H groups in total. The minimum atomic E-state index is -2.63. The molecule has 8 nitrogen and oxygen atoms in total. The first kappa shape index (κ1) is 43.9. The number of carbonyl (C=O) groups excluding carboxylic acids is 2. The molecule has 0 fully saturated rings. The van der Waals surface area contributed by atoms with E-state index in [-0.39, 0.29) is 36.1 Å². The molecule has 2 rings (SSSR count). The van der Waals surface area contributed by atoms with E-state index >= 15 is 0 Å². The molecule has 0 spiro atoms. The quantitative estimate of drug-likeness (QED) is 0.115. The summed E-state index contributed by atoms with van der Waals surface area (Å²) in [5, 5.41) is 7.99. The number of Topliss-reactive ketones (excluding diaryl/α,β-unsaturated/α-hetero) is 2. The zero-order valence-corrected chi connectivity index (χ0v) is 35.3. The van der Waals surface area contributed by atoms with Gasteiger partial charge in [-0.3, -0.25) is 9.59 Å². The summed E-state index contributed by atoms with van der Waals surface area (Å²) in [7, 11) is -12.3. The maximum Gasteiger partial charge on any atom is 0.192 e. The van der Waals surface area contributed by atoms with Gasteiger partial charge in [-0.05, 0) is 82.6 Å². The van der Waals surface area contributed by atoms with Crippen molar-refractivity contribution in [2.75, 3.05) is 53.3 Å². The summed E-state index contributed by atoms with van der Waals surface area (Å²) in [5.41, 5.74) is 2.82. The van der Waals surface area contributed by atoms with E-state index in [1.165, 1.54) is 0 Å². The molecule has 0 amide bonds. The van der Waals surface area contributed by atoms with E-state index in [4.69, 9.17) is 9.53 Å². The maximum atomic E-state index is 12.6. The Balaban J connectivity index is 0.000000491. The molecule has 13 heteroatoms. The van der Waals surface area contributed by atoms with Crippen molar-refractivity contribution in [1.29, 1.82) is 0 Å². The van der Waals surface area contributed by atoms with Gasteiger partial charge in [0.15, 0.2) is 19.9 Å². The van der Waals surface area contributed by atoms with Gasteiger partial charge >= 0.3 is 0 Å². The van der Waals surface area contributed by atoms with Crippen molar-refractivity contribution in [3.8, 4) is 0 Å². The molecule has 266 valence electrons. The Morgan fingerprint density at radius 2 is 0.936 bits per heavy atom. The molecule has 0 atom stereocenters. The van der Waals surface area contributed by atoms with Gasteiger partial charge in [-0.25, -0.2) is 0 Å². The van der Waals surface area contributed by atoms with Gasteiger partial charge in [0.2, 0.25) is 0 Å². The molecular formula is C34H58O8P4Si. The SMILES string of the molecule is CC(C)(C)[Si](C)(C)OCc1ccc(C(=O)CC(P(C)(C)=O)P(C)(C)=O)cc1.CP(C)(=O)C(CC(=O)c1ccc(CO)cc1)P(C)(C)=O. The number of hydrogen-bond acceptors (Lipinski definition) is 8. The molecule has 2 aromatic carbocycles. The molecule has 0 aliphatic heterocycles. The summed E-state index contributed by atoms with van der Waals surface area (Å²) in [5.74, 6) is -0.267. The highest BCUT2D eigenvalue weighted by Crippen LogP contribution is 2.63. The van der Waals surface area contributed by atoms with E-state index in [9.17, 15) is 27.8 Å². The molecule has 47 heavy (non-hydrogen) atoms. The Bertz CT molecular complexity index is 1510. The Labute approximate surface area is 284 Å². The lowest BCUT2D eigenvalue weighted by molar-refractivity contribution is 0.0978. The van der Waals surface area contributed by atoms with E-state index in [0.29, 0.717) is 17.7 Å². The maximum absolute atomic E-state index is 12.6. The molecule has 0 unspecified atom stereocenters. The van der Waals surface area contributed by atoms with Gasteiger partial charge in [0, 0.05) is 24.0 Å². The standard InChI is InChI=1S/C20H36O4P2Si.C14H22O4P2/c1-20(2,3)27(8,9)24-15-16-10-12-17(13-11-16)18(21)14-19(25(4,5)22)26(6,7)23;1-19(2,17)14(20(3,4)18)9-13(16)12-7-5-11(10-15)6-8-12/h10-13,19H,14-15H2,1-9H3;5-8,14-15H,9-10H2,1-4H3. The molecule has 0 bridgehead atoms. The summed E-state index contributed by atoms with van der Waals surface area (Å²) in [6, 6.07) is 14.0. The van der Waals surface area contributed by atoms with E-state index in [1.807, 2.05) is 12.1 Å². The van der Waals surface area contributed by atoms with Crippen LogP contribution in [0.1, 0.15) is 65.5 Å². The van der Waals surface area contributed by atoms with Crippen molar-refractivity contribution in [2.45, 2.75) is 75.8 Å². The third-order valence-corrected chi connectivity index (χ3v) is 26.4. The zero-order chi connectivity index (χ0) is 36.8. The number of hydrogen-bond donors (Lipinski definition) is 1. The summed E-state index contributed by atoms with van der Waals surface area (Å²) in [4.78, 5) is 24.9. The average molecular weight is 747 g/mol. The monoisotopic (exact) mass is 746 g/mol. The van der Waals surface area contributed by atoms with Gasteiger partial charge in [-0.1, -0.05) is 69.3 Å². The lowest BCUT2D eigenvalue weighted by Gasteiger charge is -2.36. The van der Waals surface area contributed by atoms with Crippen LogP contribution in [-0.4, -0.2) is 89.1 Å². The Morgan fingerprint density at radius 1 is 0.638 bits per heavy atom. The van der Waals surface area contributed by atoms with E-state index in [0.717, 1.165) is 11.1 Å². The smallest absolute Gasteiger partial charge is 0.192 e. The molecule has 0 aliphatic carbocycles. The summed E-state index contributed by atoms with van der Waals surface area (Å²) in [6.07, 6.45) is 0.0986. The van der Waals surface area contributed by atoms with Gasteiger partial charge in [-0.2, -0.15) is 0 Å². The van der Waals surface area contributed by atoms with Gasteiger partial charge in [0.1, 0.15) is 0 Å². The van der Waals surface area contributed by atoms with Crippen LogP contribution < -0.4 is 0 Å². The molecular weight excluding hydrogens is 688 g/mol. The molecule has 2 aromatic rings. The van der Waals surface area contributed by atoms with E-state index in [1.54, 1.807) is 89.7 Å².